The zero-order chi connectivity index (χ0) is 23.0. The van der Waals surface area contributed by atoms with Crippen molar-refractivity contribution in [2.45, 2.75) is 19.4 Å². The summed E-state index contributed by atoms with van der Waals surface area (Å²) in [6.45, 7) is 2.17. The lowest BCUT2D eigenvalue weighted by Crippen LogP contribution is -2.41. The number of hydrogen-bond acceptors (Lipinski definition) is 6. The van der Waals surface area contributed by atoms with Crippen LogP contribution in [0.3, 0.4) is 0 Å². The van der Waals surface area contributed by atoms with Gasteiger partial charge >= 0.3 is 0 Å². The first-order valence-corrected chi connectivity index (χ1v) is 11.0. The normalized spacial score (nSPS) is 14.6. The molecule has 1 aliphatic heterocycles. The van der Waals surface area contributed by atoms with Crippen LogP contribution in [0, 0.1) is 0 Å². The summed E-state index contributed by atoms with van der Waals surface area (Å²) in [5.41, 5.74) is 0.353. The molecule has 9 nitrogen and oxygen atoms in total. The minimum Gasteiger partial charge on any atom is -0.488 e. The summed E-state index contributed by atoms with van der Waals surface area (Å²) < 4.78 is 13.7. The molecule has 172 valence electrons. The first-order chi connectivity index (χ1) is 16.1. The lowest BCUT2D eigenvalue weighted by molar-refractivity contribution is -0.131. The maximum absolute atomic E-state index is 13.1. The Morgan fingerprint density at radius 1 is 1.03 bits per heavy atom. The van der Waals surface area contributed by atoms with Gasteiger partial charge in [0.05, 0.1) is 6.54 Å². The quantitative estimate of drug-likeness (QED) is 0.609. The molecule has 1 aromatic carbocycles. The number of aromatic nitrogens is 3. The van der Waals surface area contributed by atoms with E-state index in [1.807, 2.05) is 29.1 Å². The molecule has 2 aromatic heterocycles. The fraction of sp³-hybridized carbons (Fsp3) is 0.333. The number of likely N-dealkylation sites (N-methyl/N-ethyl adjacent to an activating group) is 1. The van der Waals surface area contributed by atoms with Gasteiger partial charge in [0.25, 0.3) is 5.91 Å². The van der Waals surface area contributed by atoms with Gasteiger partial charge in [0.1, 0.15) is 12.2 Å². The van der Waals surface area contributed by atoms with E-state index in [1.165, 1.54) is 0 Å². The third kappa shape index (κ3) is 5.68. The second-order valence-corrected chi connectivity index (χ2v) is 7.73. The van der Waals surface area contributed by atoms with Crippen LogP contribution in [-0.2, 0) is 11.3 Å². The molecule has 2 amide bonds. The SMILES string of the molecule is CN1CCN(C(=O)CCCn2cccn2)CCOc2ccccc2Oc2ncccc2C1=O. The molecule has 0 radical (unpaired) electrons. The van der Waals surface area contributed by atoms with Crippen molar-refractivity contribution in [1.29, 1.82) is 0 Å². The number of pyridine rings is 1. The van der Waals surface area contributed by atoms with E-state index in [-0.39, 0.29) is 17.7 Å². The van der Waals surface area contributed by atoms with Gasteiger partial charge in [0.2, 0.25) is 11.8 Å². The average Bonchev–Trinajstić information content (AvgIpc) is 3.35. The molecule has 0 saturated carbocycles. The van der Waals surface area contributed by atoms with Crippen molar-refractivity contribution < 1.29 is 19.1 Å². The number of ether oxygens (including phenoxy) is 2. The fourth-order valence-corrected chi connectivity index (χ4v) is 3.58. The molecule has 3 aromatic rings. The van der Waals surface area contributed by atoms with E-state index < -0.39 is 0 Å². The van der Waals surface area contributed by atoms with Gasteiger partial charge in [-0.05, 0) is 36.8 Å². The van der Waals surface area contributed by atoms with Crippen LogP contribution in [0.1, 0.15) is 23.2 Å². The minimum atomic E-state index is -0.221. The second kappa shape index (κ2) is 10.6. The minimum absolute atomic E-state index is 0.0214. The monoisotopic (exact) mass is 449 g/mol. The Balaban J connectivity index is 1.51. The first-order valence-electron chi connectivity index (χ1n) is 11.0. The second-order valence-electron chi connectivity index (χ2n) is 7.73. The summed E-state index contributed by atoms with van der Waals surface area (Å²) in [5.74, 6) is 1.01. The number of aryl methyl sites for hydroxylation is 1. The van der Waals surface area contributed by atoms with Crippen molar-refractivity contribution in [1.82, 2.24) is 24.6 Å². The zero-order valence-electron chi connectivity index (χ0n) is 18.6. The standard InChI is InChI=1S/C24H27N5O4/c1-27-15-16-28(22(30)10-5-13-29-14-6-12-26-29)17-18-32-20-8-2-3-9-21(20)33-23-19(24(27)31)7-4-11-25-23/h2-4,6-9,11-12,14H,5,10,13,15-18H2,1H3. The third-order valence-corrected chi connectivity index (χ3v) is 5.42. The van der Waals surface area contributed by atoms with E-state index in [4.69, 9.17) is 9.47 Å². The number of carbonyl (C=O) groups excluding carboxylic acids is 2. The van der Waals surface area contributed by atoms with Crippen LogP contribution in [0.5, 0.6) is 17.4 Å². The molecule has 1 aliphatic rings. The van der Waals surface area contributed by atoms with Crippen LogP contribution in [0.15, 0.2) is 61.1 Å². The highest BCUT2D eigenvalue weighted by Crippen LogP contribution is 2.32. The Morgan fingerprint density at radius 3 is 2.70 bits per heavy atom. The number of para-hydroxylation sites is 2. The number of fused-ring (bicyclic) bond motifs is 2. The molecule has 0 unspecified atom stereocenters. The van der Waals surface area contributed by atoms with E-state index >= 15 is 0 Å². The molecule has 3 heterocycles. The highest BCUT2D eigenvalue weighted by molar-refractivity contribution is 5.96. The van der Waals surface area contributed by atoms with E-state index in [0.29, 0.717) is 62.7 Å². The summed E-state index contributed by atoms with van der Waals surface area (Å²) in [5, 5.41) is 4.17. The van der Waals surface area contributed by atoms with Gasteiger partial charge in [0.15, 0.2) is 11.5 Å². The zero-order valence-corrected chi connectivity index (χ0v) is 18.6. The third-order valence-electron chi connectivity index (χ3n) is 5.42. The topological polar surface area (TPSA) is 89.8 Å². The highest BCUT2D eigenvalue weighted by atomic mass is 16.5. The van der Waals surface area contributed by atoms with Crippen LogP contribution in [-0.4, -0.2) is 69.7 Å². The molecule has 0 bridgehead atoms. The molecule has 0 saturated heterocycles. The summed E-state index contributed by atoms with van der Waals surface area (Å²) in [6.07, 6.45) is 6.26. The fourth-order valence-electron chi connectivity index (χ4n) is 3.58. The average molecular weight is 450 g/mol. The number of rotatable bonds is 4. The Morgan fingerprint density at radius 2 is 1.88 bits per heavy atom. The van der Waals surface area contributed by atoms with Gasteiger partial charge in [-0.3, -0.25) is 14.3 Å². The molecular formula is C24H27N5O4. The van der Waals surface area contributed by atoms with E-state index in [9.17, 15) is 9.59 Å². The summed E-state index contributed by atoms with van der Waals surface area (Å²) in [6, 6.07) is 12.5. The van der Waals surface area contributed by atoms with E-state index in [0.717, 1.165) is 0 Å². The molecule has 0 N–H and O–H groups in total. The Labute approximate surface area is 192 Å². The molecule has 4 rings (SSSR count). The molecule has 33 heavy (non-hydrogen) atoms. The molecule has 0 fully saturated rings. The molecule has 0 aliphatic carbocycles. The van der Waals surface area contributed by atoms with Crippen LogP contribution < -0.4 is 9.47 Å². The van der Waals surface area contributed by atoms with Crippen molar-refractivity contribution in [3.05, 3.63) is 66.6 Å². The van der Waals surface area contributed by atoms with Crippen molar-refractivity contribution in [3.8, 4) is 17.4 Å². The van der Waals surface area contributed by atoms with Gasteiger partial charge in [0, 0.05) is 51.7 Å². The Bertz CT molecular complexity index is 1090. The van der Waals surface area contributed by atoms with Crippen molar-refractivity contribution in [2.24, 2.45) is 0 Å². The van der Waals surface area contributed by atoms with E-state index in [2.05, 4.69) is 10.1 Å². The number of amides is 2. The maximum atomic E-state index is 13.1. The number of nitrogens with zero attached hydrogens (tertiary/aromatic N) is 5. The Kier molecular flexibility index (Phi) is 7.19. The number of carbonyl (C=O) groups is 2. The lowest BCUT2D eigenvalue weighted by Gasteiger charge is -2.26. The molecular weight excluding hydrogens is 422 g/mol. The van der Waals surface area contributed by atoms with Gasteiger partial charge < -0.3 is 19.3 Å². The lowest BCUT2D eigenvalue weighted by atomic mass is 10.2. The van der Waals surface area contributed by atoms with Gasteiger partial charge in [-0.25, -0.2) is 4.98 Å². The van der Waals surface area contributed by atoms with E-state index in [1.54, 1.807) is 53.5 Å². The summed E-state index contributed by atoms with van der Waals surface area (Å²) in [7, 11) is 1.71. The first kappa shape index (κ1) is 22.3. The Hall–Kier alpha value is -3.88. The largest absolute Gasteiger partial charge is 0.488 e. The molecule has 0 spiro atoms. The predicted molar refractivity (Wildman–Crippen MR) is 121 cm³/mol. The van der Waals surface area contributed by atoms with Gasteiger partial charge in [-0.1, -0.05) is 12.1 Å². The predicted octanol–water partition coefficient (Wildman–Crippen LogP) is 2.84. The molecule has 0 atom stereocenters. The summed E-state index contributed by atoms with van der Waals surface area (Å²) >= 11 is 0. The number of benzene rings is 1. The highest BCUT2D eigenvalue weighted by Gasteiger charge is 2.22. The van der Waals surface area contributed by atoms with Crippen molar-refractivity contribution >= 4 is 11.8 Å². The van der Waals surface area contributed by atoms with Crippen molar-refractivity contribution in [3.63, 3.8) is 0 Å². The van der Waals surface area contributed by atoms with Crippen LogP contribution >= 0.6 is 0 Å². The summed E-state index contributed by atoms with van der Waals surface area (Å²) in [4.78, 5) is 33.6. The van der Waals surface area contributed by atoms with Gasteiger partial charge in [-0.2, -0.15) is 5.10 Å². The van der Waals surface area contributed by atoms with Crippen LogP contribution in [0.2, 0.25) is 0 Å². The number of hydrogen-bond donors (Lipinski definition) is 0. The van der Waals surface area contributed by atoms with Crippen LogP contribution in [0.25, 0.3) is 0 Å². The molecule has 9 heteroatoms. The smallest absolute Gasteiger partial charge is 0.259 e. The van der Waals surface area contributed by atoms with Crippen LogP contribution in [0.4, 0.5) is 0 Å². The van der Waals surface area contributed by atoms with Crippen molar-refractivity contribution in [2.75, 3.05) is 33.3 Å². The maximum Gasteiger partial charge on any atom is 0.259 e. The van der Waals surface area contributed by atoms with Gasteiger partial charge in [-0.15, -0.1) is 0 Å².